The molecule has 0 fully saturated rings. The second-order valence-electron chi connectivity index (χ2n) is 11.2. The zero-order valence-corrected chi connectivity index (χ0v) is 27.4. The number of hydrogen-bond donors (Lipinski definition) is 0. The van der Waals surface area contributed by atoms with E-state index in [-0.39, 0.29) is 5.78 Å². The molecule has 0 saturated heterocycles. The lowest BCUT2D eigenvalue weighted by Crippen LogP contribution is -1.93. The van der Waals surface area contributed by atoms with E-state index in [9.17, 15) is 4.79 Å². The first kappa shape index (κ1) is 37.3. The number of ketones is 1. The highest BCUT2D eigenvalue weighted by molar-refractivity contribution is 5.91. The van der Waals surface area contributed by atoms with Crippen molar-refractivity contribution in [2.24, 2.45) is 0 Å². The summed E-state index contributed by atoms with van der Waals surface area (Å²) in [5.74, 6) is 0.150. The second kappa shape index (κ2) is 23.0. The Hall–Kier alpha value is -3.71. The van der Waals surface area contributed by atoms with E-state index >= 15 is 0 Å². The third kappa shape index (κ3) is 25.0. The first-order valence-corrected chi connectivity index (χ1v) is 14.6. The molecule has 0 amide bonds. The van der Waals surface area contributed by atoms with Crippen LogP contribution >= 0.6 is 0 Å². The van der Waals surface area contributed by atoms with Crippen LogP contribution in [0.4, 0.5) is 0 Å². The predicted molar refractivity (Wildman–Crippen MR) is 186 cm³/mol. The molecule has 0 aliphatic carbocycles. The van der Waals surface area contributed by atoms with Crippen molar-refractivity contribution in [3.63, 3.8) is 0 Å². The normalized spacial score (nSPS) is 14.9. The zero-order valence-electron chi connectivity index (χ0n) is 27.4. The highest BCUT2D eigenvalue weighted by Gasteiger charge is 1.98. The van der Waals surface area contributed by atoms with Gasteiger partial charge in [0.25, 0.3) is 0 Å². The van der Waals surface area contributed by atoms with Crippen LogP contribution in [0.25, 0.3) is 0 Å². The fourth-order valence-corrected chi connectivity index (χ4v) is 3.45. The van der Waals surface area contributed by atoms with Gasteiger partial charge in [-0.05, 0) is 88.2 Å². The lowest BCUT2D eigenvalue weighted by atomic mass is 10.1. The molecular weight excluding hydrogens is 496 g/mol. The number of allylic oxidation sites excluding steroid dienone is 26. The summed E-state index contributed by atoms with van der Waals surface area (Å²) >= 11 is 0. The molecule has 220 valence electrons. The molecule has 1 nitrogen and oxygen atoms in total. The van der Waals surface area contributed by atoms with Crippen LogP contribution in [0.5, 0.6) is 0 Å². The van der Waals surface area contributed by atoms with Crippen molar-refractivity contribution < 1.29 is 4.79 Å². The first-order valence-electron chi connectivity index (χ1n) is 14.6. The van der Waals surface area contributed by atoms with Crippen molar-refractivity contribution >= 4 is 5.78 Å². The van der Waals surface area contributed by atoms with Crippen molar-refractivity contribution in [2.45, 2.75) is 88.5 Å². The average molecular weight is 551 g/mol. The Bertz CT molecular complexity index is 1220. The molecule has 0 aliphatic rings. The molecule has 0 aromatic heterocycles. The molecule has 0 radical (unpaired) electrons. The standard InChI is InChI=1S/C40H54O/c1-32(2)18-13-21-36(7)24-16-27-37(8)25-14-22-34(5)19-11-12-20-35(6)23-15-26-38(9)28-17-29-39(10)31-40(41)30-33(3)4/h11-12,14-20,22-30H,13,21,31H2,1-10H3/b12-11+,22-14+,23-15+,27-16+,28-17+,34-19+,35-20+,36-24+,37-25+,38-26+,39-29+. The van der Waals surface area contributed by atoms with Crippen LogP contribution in [0.3, 0.4) is 0 Å². The number of carbonyl (C=O) groups excluding carboxylic acids is 1. The Labute approximate surface area is 252 Å². The van der Waals surface area contributed by atoms with E-state index in [1.54, 1.807) is 6.08 Å². The van der Waals surface area contributed by atoms with Crippen molar-refractivity contribution in [2.75, 3.05) is 0 Å². The SMILES string of the molecule is CC(C)=CCC/C(C)=C/C=C/C(C)=C/C=C/C(C)=C/C=C/C=C(C)/C=C/C=C(C)/C=C/C=C(\C)CC(=O)C=C(C)C. The van der Waals surface area contributed by atoms with Crippen LogP contribution < -0.4 is 0 Å². The number of hydrogen-bond acceptors (Lipinski definition) is 1. The van der Waals surface area contributed by atoms with E-state index in [1.165, 1.54) is 27.9 Å². The number of rotatable bonds is 16. The van der Waals surface area contributed by atoms with Crippen LogP contribution in [0.15, 0.2) is 154 Å². The third-order valence-electron chi connectivity index (χ3n) is 5.74. The van der Waals surface area contributed by atoms with Gasteiger partial charge < -0.3 is 0 Å². The van der Waals surface area contributed by atoms with E-state index in [1.807, 2.05) is 32.9 Å². The minimum Gasteiger partial charge on any atom is -0.295 e. The van der Waals surface area contributed by atoms with Gasteiger partial charge in [-0.2, -0.15) is 0 Å². The molecular formula is C40H54O. The quantitative estimate of drug-likeness (QED) is 0.106. The van der Waals surface area contributed by atoms with Crippen LogP contribution in [0.2, 0.25) is 0 Å². The summed E-state index contributed by atoms with van der Waals surface area (Å²) < 4.78 is 0. The largest absolute Gasteiger partial charge is 0.295 e. The van der Waals surface area contributed by atoms with Gasteiger partial charge in [0, 0.05) is 6.42 Å². The lowest BCUT2D eigenvalue weighted by Gasteiger charge is -1.96. The molecule has 1 heteroatoms. The summed E-state index contributed by atoms with van der Waals surface area (Å²) in [6.45, 7) is 20.7. The maximum Gasteiger partial charge on any atom is 0.159 e. The molecule has 0 spiro atoms. The van der Waals surface area contributed by atoms with Gasteiger partial charge in [-0.15, -0.1) is 0 Å². The van der Waals surface area contributed by atoms with Crippen LogP contribution in [-0.4, -0.2) is 5.78 Å². The van der Waals surface area contributed by atoms with Crippen molar-refractivity contribution in [1.82, 2.24) is 0 Å². The Morgan fingerprint density at radius 3 is 1.27 bits per heavy atom. The summed E-state index contributed by atoms with van der Waals surface area (Å²) in [6, 6.07) is 0. The third-order valence-corrected chi connectivity index (χ3v) is 5.74. The summed E-state index contributed by atoms with van der Waals surface area (Å²) in [5, 5.41) is 0. The second-order valence-corrected chi connectivity index (χ2v) is 11.2. The van der Waals surface area contributed by atoms with E-state index in [4.69, 9.17) is 0 Å². The Balaban J connectivity index is 4.76. The summed E-state index contributed by atoms with van der Waals surface area (Å²) in [5.41, 5.74) is 9.62. The Morgan fingerprint density at radius 1 is 0.463 bits per heavy atom. The van der Waals surface area contributed by atoms with E-state index < -0.39 is 0 Å². The van der Waals surface area contributed by atoms with Crippen LogP contribution in [-0.2, 0) is 4.79 Å². The van der Waals surface area contributed by atoms with Gasteiger partial charge in [-0.1, -0.05) is 148 Å². The summed E-state index contributed by atoms with van der Waals surface area (Å²) in [4.78, 5) is 11.9. The van der Waals surface area contributed by atoms with Gasteiger partial charge in [0.1, 0.15) is 0 Å². The summed E-state index contributed by atoms with van der Waals surface area (Å²) in [7, 11) is 0. The minimum absolute atomic E-state index is 0.150. The molecule has 0 aromatic rings. The van der Waals surface area contributed by atoms with Gasteiger partial charge in [-0.3, -0.25) is 4.79 Å². The molecule has 0 aromatic carbocycles. The van der Waals surface area contributed by atoms with Crippen LogP contribution in [0.1, 0.15) is 88.5 Å². The molecule has 0 N–H and O–H groups in total. The molecule has 0 unspecified atom stereocenters. The van der Waals surface area contributed by atoms with E-state index in [2.05, 4.69) is 140 Å². The lowest BCUT2D eigenvalue weighted by molar-refractivity contribution is -0.114. The topological polar surface area (TPSA) is 17.1 Å². The van der Waals surface area contributed by atoms with Gasteiger partial charge in [-0.25, -0.2) is 0 Å². The van der Waals surface area contributed by atoms with Crippen LogP contribution in [0, 0.1) is 0 Å². The van der Waals surface area contributed by atoms with Gasteiger partial charge >= 0.3 is 0 Å². The fourth-order valence-electron chi connectivity index (χ4n) is 3.45. The average Bonchev–Trinajstić information content (AvgIpc) is 2.85. The van der Waals surface area contributed by atoms with Crippen molar-refractivity contribution in [1.29, 1.82) is 0 Å². The molecule has 0 bridgehead atoms. The predicted octanol–water partition coefficient (Wildman–Crippen LogP) is 12.1. The molecule has 0 atom stereocenters. The number of carbonyl (C=O) groups is 1. The Morgan fingerprint density at radius 2 is 0.854 bits per heavy atom. The maximum absolute atomic E-state index is 11.9. The monoisotopic (exact) mass is 550 g/mol. The zero-order chi connectivity index (χ0) is 31.0. The van der Waals surface area contributed by atoms with E-state index in [0.717, 1.165) is 29.6 Å². The van der Waals surface area contributed by atoms with Crippen molar-refractivity contribution in [3.05, 3.63) is 154 Å². The molecule has 0 saturated carbocycles. The van der Waals surface area contributed by atoms with Gasteiger partial charge in [0.05, 0.1) is 0 Å². The highest BCUT2D eigenvalue weighted by Crippen LogP contribution is 2.08. The fraction of sp³-hybridized carbons (Fsp3) is 0.325. The molecule has 0 heterocycles. The maximum atomic E-state index is 11.9. The molecule has 0 rings (SSSR count). The molecule has 41 heavy (non-hydrogen) atoms. The Kier molecular flexibility index (Phi) is 21.0. The van der Waals surface area contributed by atoms with Crippen molar-refractivity contribution in [3.8, 4) is 0 Å². The van der Waals surface area contributed by atoms with Gasteiger partial charge in [0.2, 0.25) is 0 Å². The minimum atomic E-state index is 0.150. The van der Waals surface area contributed by atoms with E-state index in [0.29, 0.717) is 6.42 Å². The highest BCUT2D eigenvalue weighted by atomic mass is 16.1. The summed E-state index contributed by atoms with van der Waals surface area (Å²) in [6.07, 6.45) is 40.1. The first-order chi connectivity index (χ1) is 19.4. The smallest absolute Gasteiger partial charge is 0.159 e. The van der Waals surface area contributed by atoms with Gasteiger partial charge in [0.15, 0.2) is 5.78 Å². The molecule has 0 aliphatic heterocycles.